The van der Waals surface area contributed by atoms with Crippen molar-refractivity contribution in [3.05, 3.63) is 91.5 Å². The largest absolute Gasteiger partial charge is 0.218 e. The standard InChI is InChI=1S/C6H7PSe3.2C5H5N/c8-7(9,10)6-4-2-1-3-5-6;2*1-2-4-6-5-3-1/h1-5H,(H2,8,9,10);2*1-5H. The van der Waals surface area contributed by atoms with Crippen LogP contribution in [0.15, 0.2) is 91.5 Å². The van der Waals surface area contributed by atoms with Crippen LogP contribution in [-0.4, -0.2) is 46.2 Å². The van der Waals surface area contributed by atoms with Crippen molar-refractivity contribution in [3.63, 3.8) is 0 Å². The molecule has 2 heterocycles. The van der Waals surface area contributed by atoms with Gasteiger partial charge in [0, 0.05) is 24.3 Å². The van der Waals surface area contributed by atoms with Crippen LogP contribution in [0.4, 0.5) is 0 Å². The van der Waals surface area contributed by atoms with Crippen molar-refractivity contribution >= 4 is 54.4 Å². The van der Waals surface area contributed by atoms with Crippen LogP contribution in [0, 0.1) is 0 Å². The first kappa shape index (κ1) is 19.6. The summed E-state index contributed by atoms with van der Waals surface area (Å²) in [5, 5.41) is 1.34. The van der Waals surface area contributed by atoms with Gasteiger partial charge in [0.2, 0.25) is 0 Å². The number of pyridine rings is 2. The first-order valence-corrected chi connectivity index (χ1v) is 14.9. The smallest absolute Gasteiger partial charge is 0.166 e. The van der Waals surface area contributed by atoms with E-state index >= 15 is 0 Å². The molecule has 3 rings (SSSR count). The zero-order valence-corrected chi connectivity index (χ0v) is 17.9. The molecule has 0 aliphatic heterocycles. The summed E-state index contributed by atoms with van der Waals surface area (Å²) < 4.78 is -1.14. The molecule has 0 saturated heterocycles. The maximum Gasteiger partial charge on any atom is 0.166 e. The summed E-state index contributed by atoms with van der Waals surface area (Å²) in [6.07, 6.45) is 7.50. The van der Waals surface area contributed by atoms with Crippen LogP contribution in [0.2, 0.25) is 0 Å². The predicted molar refractivity (Wildman–Crippen MR) is 96.3 cm³/mol. The number of hydrogen-bond acceptors (Lipinski definition) is 0. The average molecular weight is 505 g/mol. The minimum absolute atomic E-state index is 1.14. The second-order valence-corrected chi connectivity index (χ2v) is 26.4. The van der Waals surface area contributed by atoms with E-state index < -0.39 is 2.89 Å². The topological polar surface area (TPSA) is 28.3 Å². The maximum absolute atomic E-state index is 3.13. The molecule has 0 radical (unpaired) electrons. The third kappa shape index (κ3) is 10.3. The van der Waals surface area contributed by atoms with Crippen molar-refractivity contribution in [2.24, 2.45) is 0 Å². The average Bonchev–Trinajstić information content (AvgIpc) is 2.59. The van der Waals surface area contributed by atoms with Gasteiger partial charge in [0.15, 0.2) is 24.8 Å². The van der Waals surface area contributed by atoms with E-state index in [2.05, 4.69) is 80.5 Å². The van der Waals surface area contributed by atoms with E-state index in [1.165, 1.54) is 5.30 Å². The van der Waals surface area contributed by atoms with Crippen LogP contribution in [-0.2, 0) is 0 Å². The number of benzene rings is 1. The molecule has 0 spiro atoms. The second-order valence-electron chi connectivity index (χ2n) is 3.99. The van der Waals surface area contributed by atoms with E-state index in [1.807, 2.05) is 67.3 Å². The van der Waals surface area contributed by atoms with E-state index in [0.29, 0.717) is 0 Å². The summed E-state index contributed by atoms with van der Waals surface area (Å²) in [7, 11) is 0. The van der Waals surface area contributed by atoms with Gasteiger partial charge in [0.25, 0.3) is 0 Å². The van der Waals surface area contributed by atoms with Gasteiger partial charge in [-0.1, -0.05) is 12.1 Å². The molecule has 0 bridgehead atoms. The van der Waals surface area contributed by atoms with Crippen LogP contribution in [0.1, 0.15) is 0 Å². The van der Waals surface area contributed by atoms with Gasteiger partial charge in [0.1, 0.15) is 0 Å². The van der Waals surface area contributed by atoms with Gasteiger partial charge in [-0.3, -0.25) is 0 Å². The zero-order valence-electron chi connectivity index (χ0n) is 11.8. The molecule has 6 heteroatoms. The first-order valence-electron chi connectivity index (χ1n) is 6.50. The van der Waals surface area contributed by atoms with Gasteiger partial charge < -0.3 is 0 Å². The molecule has 2 aromatic heterocycles. The fraction of sp³-hybridized carbons (Fsp3) is 0. The summed E-state index contributed by atoms with van der Waals surface area (Å²) >= 11 is 9.40. The summed E-state index contributed by atoms with van der Waals surface area (Å²) in [6.45, 7) is 0. The molecule has 3 aromatic rings. The Hall–Kier alpha value is -0.492. The number of hydrogen-bond donors (Lipinski definition) is 0. The van der Waals surface area contributed by atoms with E-state index in [1.54, 1.807) is 0 Å². The third-order valence-corrected chi connectivity index (χ3v) is 7.20. The van der Waals surface area contributed by atoms with Crippen LogP contribution in [0.5, 0.6) is 0 Å². The number of nitrogens with one attached hydrogen (secondary N) is 2. The molecule has 2 N–H and O–H groups in total. The number of aromatic nitrogens is 2. The van der Waals surface area contributed by atoms with Crippen LogP contribution < -0.4 is 15.3 Å². The molecule has 0 aliphatic carbocycles. The molecule has 0 amide bonds. The Morgan fingerprint density at radius 1 is 0.636 bits per heavy atom. The van der Waals surface area contributed by atoms with Gasteiger partial charge in [0.05, 0.1) is 0 Å². The molecular weight excluding hydrogens is 488 g/mol. The van der Waals surface area contributed by atoms with E-state index in [4.69, 9.17) is 0 Å². The van der Waals surface area contributed by atoms with Crippen molar-refractivity contribution in [1.82, 2.24) is 0 Å². The second kappa shape index (κ2) is 12.0. The molecule has 2 nitrogen and oxygen atoms in total. The van der Waals surface area contributed by atoms with Crippen molar-refractivity contribution in [2.75, 3.05) is 0 Å². The van der Waals surface area contributed by atoms with Gasteiger partial charge in [-0.05, 0) is 0 Å². The Balaban J connectivity index is 0.000000174. The Morgan fingerprint density at radius 2 is 1.00 bits per heavy atom. The molecule has 0 fully saturated rings. The number of H-pyrrole nitrogens is 2. The van der Waals surface area contributed by atoms with Crippen molar-refractivity contribution < 1.29 is 9.97 Å². The van der Waals surface area contributed by atoms with E-state index in [9.17, 15) is 0 Å². The summed E-state index contributed by atoms with van der Waals surface area (Å²) in [5.74, 6) is 0. The monoisotopic (exact) mass is 508 g/mol. The zero-order chi connectivity index (χ0) is 16.1. The molecule has 1 aromatic carbocycles. The van der Waals surface area contributed by atoms with E-state index in [0.717, 1.165) is 0 Å². The minimum Gasteiger partial charge on any atom is -0.218 e. The normalized spacial score (nSPS) is 9.55. The van der Waals surface area contributed by atoms with Gasteiger partial charge in [-0.25, -0.2) is 9.97 Å². The fourth-order valence-corrected chi connectivity index (χ4v) is 4.13. The van der Waals surface area contributed by atoms with E-state index in [-0.39, 0.29) is 0 Å². The maximum atomic E-state index is 3.13. The van der Waals surface area contributed by atoms with Gasteiger partial charge in [-0.15, -0.1) is 0 Å². The summed E-state index contributed by atoms with van der Waals surface area (Å²) in [4.78, 5) is 5.78. The minimum atomic E-state index is -1.14. The summed E-state index contributed by atoms with van der Waals surface area (Å²) in [6, 6.07) is 22.1. The van der Waals surface area contributed by atoms with Crippen molar-refractivity contribution in [1.29, 1.82) is 0 Å². The first-order chi connectivity index (χ1) is 10.6. The quantitative estimate of drug-likeness (QED) is 0.355. The Morgan fingerprint density at radius 3 is 1.18 bits per heavy atom. The predicted octanol–water partition coefficient (Wildman–Crippen LogP) is 1.58. The number of aromatic amines is 2. The molecule has 0 atom stereocenters. The van der Waals surface area contributed by atoms with Crippen LogP contribution >= 0.6 is 2.89 Å². The molecule has 114 valence electrons. The Kier molecular flexibility index (Phi) is 10.7. The van der Waals surface area contributed by atoms with Crippen LogP contribution in [0.3, 0.4) is 0 Å². The molecular formula is C16H17N2PSe3. The Bertz CT molecular complexity index is 561. The Labute approximate surface area is 155 Å². The molecule has 0 unspecified atom stereocenters. The fourth-order valence-electron chi connectivity index (χ4n) is 1.29. The molecule has 22 heavy (non-hydrogen) atoms. The third-order valence-electron chi connectivity index (χ3n) is 2.29. The SMILES string of the molecule is [Se]=P([Se-])([Se-])c1ccccc1.c1cc[nH+]cc1.c1cc[nH+]cc1. The van der Waals surface area contributed by atoms with Gasteiger partial charge in [-0.2, -0.15) is 0 Å². The molecule has 0 saturated carbocycles. The molecule has 0 aliphatic rings. The van der Waals surface area contributed by atoms with Gasteiger partial charge >= 0.3 is 84.8 Å². The summed E-state index contributed by atoms with van der Waals surface area (Å²) in [5.41, 5.74) is 0. The number of rotatable bonds is 1. The van der Waals surface area contributed by atoms with Crippen LogP contribution in [0.25, 0.3) is 0 Å². The van der Waals surface area contributed by atoms with Crippen molar-refractivity contribution in [3.8, 4) is 0 Å². The van der Waals surface area contributed by atoms with Crippen molar-refractivity contribution in [2.45, 2.75) is 0 Å².